The molecule has 0 aliphatic rings. The van der Waals surface area contributed by atoms with Crippen LogP contribution < -0.4 is 0 Å². The summed E-state index contributed by atoms with van der Waals surface area (Å²) in [6.07, 6.45) is 0. The topological polar surface area (TPSA) is 26.3 Å². The molecule has 0 rings (SSSR count). The molecule has 0 heterocycles. The van der Waals surface area contributed by atoms with Crippen molar-refractivity contribution in [1.82, 2.24) is 0 Å². The summed E-state index contributed by atoms with van der Waals surface area (Å²) in [6, 6.07) is 0. The lowest BCUT2D eigenvalue weighted by molar-refractivity contribution is -0.143. The number of carbonyl (C=O) groups is 1. The van der Waals surface area contributed by atoms with Crippen molar-refractivity contribution in [2.75, 3.05) is 6.61 Å². The maximum atomic E-state index is 10.7. The molecule has 0 aromatic rings. The predicted octanol–water partition coefficient (Wildman–Crippen LogP) is 1.81. The van der Waals surface area contributed by atoms with Gasteiger partial charge in [-0.05, 0) is 12.8 Å². The van der Waals surface area contributed by atoms with E-state index in [1.165, 1.54) is 0 Å². The Morgan fingerprint density at radius 3 is 2.30 bits per heavy atom. The second-order valence-corrected chi connectivity index (χ2v) is 3.29. The Morgan fingerprint density at radius 1 is 1.50 bits per heavy atom. The van der Waals surface area contributed by atoms with Crippen LogP contribution in [0.1, 0.15) is 20.8 Å². The predicted molar refractivity (Wildman–Crippen MR) is 41.1 cm³/mol. The summed E-state index contributed by atoms with van der Waals surface area (Å²) in [7, 11) is 0. The van der Waals surface area contributed by atoms with Gasteiger partial charge in [0.25, 0.3) is 0 Å². The molecule has 0 radical (unpaired) electrons. The Labute approximate surface area is 66.5 Å². The lowest BCUT2D eigenvalue weighted by Gasteiger charge is -2.07. The Bertz CT molecular complexity index is 110. The van der Waals surface area contributed by atoms with Crippen LogP contribution in [0.15, 0.2) is 0 Å². The normalized spacial score (nSPS) is 13.3. The molecule has 3 heteroatoms. The Kier molecular flexibility index (Phi) is 4.45. The molecule has 0 bridgehead atoms. The van der Waals surface area contributed by atoms with Gasteiger partial charge in [-0.1, -0.05) is 13.8 Å². The largest absolute Gasteiger partial charge is 0.464 e. The van der Waals surface area contributed by atoms with E-state index in [4.69, 9.17) is 16.3 Å². The Morgan fingerprint density at radius 2 is 2.00 bits per heavy atom. The molecule has 0 aliphatic carbocycles. The number of alkyl halides is 1. The number of carbonyl (C=O) groups excluding carboxylic acids is 1. The quantitative estimate of drug-likeness (QED) is 0.470. The van der Waals surface area contributed by atoms with E-state index in [1.54, 1.807) is 6.92 Å². The van der Waals surface area contributed by atoms with Crippen LogP contribution in [0, 0.1) is 5.92 Å². The zero-order chi connectivity index (χ0) is 8.15. The van der Waals surface area contributed by atoms with Crippen LogP contribution in [0.4, 0.5) is 0 Å². The highest BCUT2D eigenvalue weighted by molar-refractivity contribution is 6.29. The molecule has 0 saturated heterocycles. The minimum absolute atomic E-state index is 0.338. The second-order valence-electron chi connectivity index (χ2n) is 2.64. The van der Waals surface area contributed by atoms with E-state index in [0.717, 1.165) is 0 Å². The fraction of sp³-hybridized carbons (Fsp3) is 0.857. The standard InChI is InChI=1S/C7H13ClO2/c1-5(2)4-10-7(9)6(3)8/h5-6H,4H2,1-3H3/t6-/m0/s1. The molecule has 0 spiro atoms. The first-order chi connectivity index (χ1) is 4.54. The van der Waals surface area contributed by atoms with Gasteiger partial charge in [-0.15, -0.1) is 11.6 Å². The maximum Gasteiger partial charge on any atom is 0.323 e. The zero-order valence-corrected chi connectivity index (χ0v) is 7.31. The monoisotopic (exact) mass is 164 g/mol. The van der Waals surface area contributed by atoms with E-state index < -0.39 is 5.38 Å². The summed E-state index contributed by atoms with van der Waals surface area (Å²) in [6.45, 7) is 6.01. The van der Waals surface area contributed by atoms with Crippen LogP contribution in [0.25, 0.3) is 0 Å². The van der Waals surface area contributed by atoms with Crippen molar-refractivity contribution in [1.29, 1.82) is 0 Å². The van der Waals surface area contributed by atoms with Crippen molar-refractivity contribution in [2.45, 2.75) is 26.1 Å². The zero-order valence-electron chi connectivity index (χ0n) is 6.56. The number of halogens is 1. The first kappa shape index (κ1) is 9.76. The average molecular weight is 165 g/mol. The van der Waals surface area contributed by atoms with Gasteiger partial charge in [0, 0.05) is 0 Å². The number of ether oxygens (including phenoxy) is 1. The van der Waals surface area contributed by atoms with Gasteiger partial charge in [0.15, 0.2) is 0 Å². The highest BCUT2D eigenvalue weighted by Crippen LogP contribution is 1.99. The van der Waals surface area contributed by atoms with Crippen molar-refractivity contribution in [2.24, 2.45) is 5.92 Å². The molecule has 0 amide bonds. The van der Waals surface area contributed by atoms with Gasteiger partial charge >= 0.3 is 5.97 Å². The SMILES string of the molecule is CC(C)COC(=O)[C@H](C)Cl. The Hall–Kier alpha value is -0.240. The number of hydrogen-bond donors (Lipinski definition) is 0. The first-order valence-electron chi connectivity index (χ1n) is 3.34. The molecule has 1 atom stereocenters. The second kappa shape index (κ2) is 4.56. The minimum Gasteiger partial charge on any atom is -0.464 e. The van der Waals surface area contributed by atoms with Crippen molar-refractivity contribution >= 4 is 17.6 Å². The lowest BCUT2D eigenvalue weighted by Crippen LogP contribution is -2.17. The van der Waals surface area contributed by atoms with Crippen LogP contribution in [0.2, 0.25) is 0 Å². The highest BCUT2D eigenvalue weighted by atomic mass is 35.5. The van der Waals surface area contributed by atoms with Gasteiger partial charge in [0.1, 0.15) is 5.38 Å². The molecule has 0 aromatic heterocycles. The molecule has 0 unspecified atom stereocenters. The molecule has 0 aromatic carbocycles. The highest BCUT2D eigenvalue weighted by Gasteiger charge is 2.10. The fourth-order valence-electron chi connectivity index (χ4n) is 0.364. The van der Waals surface area contributed by atoms with Gasteiger partial charge in [-0.2, -0.15) is 0 Å². The third-order valence-corrected chi connectivity index (χ3v) is 1.06. The van der Waals surface area contributed by atoms with Crippen LogP contribution in [-0.4, -0.2) is 18.0 Å². The number of hydrogen-bond acceptors (Lipinski definition) is 2. The molecule has 0 fully saturated rings. The van der Waals surface area contributed by atoms with Crippen LogP contribution in [0.5, 0.6) is 0 Å². The van der Waals surface area contributed by atoms with Gasteiger partial charge in [-0.3, -0.25) is 4.79 Å². The minimum atomic E-state index is -0.529. The van der Waals surface area contributed by atoms with Crippen molar-refractivity contribution in [3.63, 3.8) is 0 Å². The van der Waals surface area contributed by atoms with E-state index in [9.17, 15) is 4.79 Å². The van der Waals surface area contributed by atoms with Crippen LogP contribution in [-0.2, 0) is 9.53 Å². The van der Waals surface area contributed by atoms with Gasteiger partial charge in [0.05, 0.1) is 6.61 Å². The summed E-state index contributed by atoms with van der Waals surface area (Å²) < 4.78 is 4.79. The van der Waals surface area contributed by atoms with E-state index in [1.807, 2.05) is 13.8 Å². The Balaban J connectivity index is 3.40. The van der Waals surface area contributed by atoms with E-state index in [2.05, 4.69) is 0 Å². The molecule has 2 nitrogen and oxygen atoms in total. The first-order valence-corrected chi connectivity index (χ1v) is 3.78. The summed E-state index contributed by atoms with van der Waals surface area (Å²) in [5.41, 5.74) is 0. The van der Waals surface area contributed by atoms with Crippen molar-refractivity contribution in [3.05, 3.63) is 0 Å². The van der Waals surface area contributed by atoms with E-state index in [0.29, 0.717) is 12.5 Å². The molecule has 60 valence electrons. The van der Waals surface area contributed by atoms with Crippen molar-refractivity contribution < 1.29 is 9.53 Å². The molecule has 0 N–H and O–H groups in total. The smallest absolute Gasteiger partial charge is 0.323 e. The van der Waals surface area contributed by atoms with Crippen molar-refractivity contribution in [3.8, 4) is 0 Å². The van der Waals surface area contributed by atoms with Crippen LogP contribution >= 0.6 is 11.6 Å². The van der Waals surface area contributed by atoms with Gasteiger partial charge in [0.2, 0.25) is 0 Å². The van der Waals surface area contributed by atoms with Crippen LogP contribution in [0.3, 0.4) is 0 Å². The number of esters is 1. The summed E-state index contributed by atoms with van der Waals surface area (Å²) >= 11 is 5.44. The average Bonchev–Trinajstić information content (AvgIpc) is 1.82. The molecule has 10 heavy (non-hydrogen) atoms. The third kappa shape index (κ3) is 4.62. The molecule has 0 aliphatic heterocycles. The van der Waals surface area contributed by atoms with E-state index in [-0.39, 0.29) is 5.97 Å². The lowest BCUT2D eigenvalue weighted by atomic mass is 10.2. The van der Waals surface area contributed by atoms with Gasteiger partial charge in [-0.25, -0.2) is 0 Å². The van der Waals surface area contributed by atoms with E-state index >= 15 is 0 Å². The third-order valence-electron chi connectivity index (χ3n) is 0.884. The molecular formula is C7H13ClO2. The summed E-state index contributed by atoms with van der Waals surface area (Å²) in [4.78, 5) is 10.7. The molecular weight excluding hydrogens is 152 g/mol. The summed E-state index contributed by atoms with van der Waals surface area (Å²) in [5, 5.41) is -0.529. The maximum absolute atomic E-state index is 10.7. The number of rotatable bonds is 3. The molecule has 0 saturated carbocycles. The summed E-state index contributed by atoms with van der Waals surface area (Å²) in [5.74, 6) is 0.0368. The fourth-order valence-corrected chi connectivity index (χ4v) is 0.427. The van der Waals surface area contributed by atoms with Gasteiger partial charge < -0.3 is 4.74 Å².